The topological polar surface area (TPSA) is 96.4 Å². The van der Waals surface area contributed by atoms with Gasteiger partial charge in [-0.25, -0.2) is 14.9 Å². The minimum atomic E-state index is -0.205. The Morgan fingerprint density at radius 1 is 1.41 bits per heavy atom. The average Bonchev–Trinajstić information content (AvgIpc) is 3.16. The van der Waals surface area contributed by atoms with E-state index in [-0.39, 0.29) is 16.5 Å². The van der Waals surface area contributed by atoms with Gasteiger partial charge in [-0.05, 0) is 44.1 Å². The van der Waals surface area contributed by atoms with E-state index in [2.05, 4.69) is 22.1 Å². The lowest BCUT2D eigenvalue weighted by Gasteiger charge is -2.17. The number of thiophene rings is 1. The van der Waals surface area contributed by atoms with Crippen LogP contribution >= 0.6 is 23.1 Å². The van der Waals surface area contributed by atoms with Crippen molar-refractivity contribution >= 4 is 33.3 Å². The van der Waals surface area contributed by atoms with Crippen LogP contribution in [0, 0.1) is 5.92 Å². The van der Waals surface area contributed by atoms with Crippen LogP contribution in [0.5, 0.6) is 0 Å². The first-order valence-corrected chi connectivity index (χ1v) is 11.0. The summed E-state index contributed by atoms with van der Waals surface area (Å²) in [5.74, 6) is 1.29. The second-order valence-corrected chi connectivity index (χ2v) is 9.60. The molecule has 0 amide bonds. The van der Waals surface area contributed by atoms with Crippen LogP contribution < -0.4 is 11.2 Å². The van der Waals surface area contributed by atoms with Crippen molar-refractivity contribution in [3.05, 3.63) is 37.1 Å². The van der Waals surface area contributed by atoms with Crippen molar-refractivity contribution in [3.63, 3.8) is 0 Å². The Balaban J connectivity index is 1.68. The van der Waals surface area contributed by atoms with Crippen molar-refractivity contribution < 1.29 is 0 Å². The van der Waals surface area contributed by atoms with Gasteiger partial charge in [-0.3, -0.25) is 9.36 Å². The molecule has 1 aliphatic carbocycles. The van der Waals surface area contributed by atoms with Crippen LogP contribution in [-0.4, -0.2) is 24.7 Å². The first kappa shape index (κ1) is 18.5. The molecule has 2 atom stereocenters. The third-order valence-corrected chi connectivity index (χ3v) is 7.27. The molecule has 0 radical (unpaired) electrons. The number of hydrogen-bond donors (Lipinski definition) is 2. The maximum Gasteiger partial charge on any atom is 0.343 e. The van der Waals surface area contributed by atoms with E-state index in [9.17, 15) is 9.59 Å². The van der Waals surface area contributed by atoms with Gasteiger partial charge in [0.05, 0.1) is 10.6 Å². The minimum Gasteiger partial charge on any atom is -0.309 e. The fraction of sp³-hybridized carbons (Fsp3) is 0.556. The molecule has 0 aromatic carbocycles. The predicted octanol–water partition coefficient (Wildman–Crippen LogP) is 3.26. The largest absolute Gasteiger partial charge is 0.343 e. The summed E-state index contributed by atoms with van der Waals surface area (Å²) in [5.41, 5.74) is 0.934. The molecule has 0 aliphatic heterocycles. The highest BCUT2D eigenvalue weighted by Crippen LogP contribution is 2.37. The normalized spacial score (nSPS) is 18.0. The van der Waals surface area contributed by atoms with Gasteiger partial charge in [-0.2, -0.15) is 0 Å². The summed E-state index contributed by atoms with van der Waals surface area (Å²) in [5, 5.41) is 7.89. The number of nitrogens with one attached hydrogen (secondary N) is 2. The zero-order valence-corrected chi connectivity index (χ0v) is 17.3. The molecule has 3 aromatic heterocycles. The Labute approximate surface area is 164 Å². The van der Waals surface area contributed by atoms with Gasteiger partial charge < -0.3 is 4.98 Å². The number of H-pyrrole nitrogens is 2. The number of rotatable bonds is 5. The Kier molecular flexibility index (Phi) is 4.98. The van der Waals surface area contributed by atoms with Gasteiger partial charge in [0.15, 0.2) is 5.16 Å². The molecular weight excluding hydrogens is 382 g/mol. The Morgan fingerprint density at radius 3 is 3.00 bits per heavy atom. The second kappa shape index (κ2) is 7.27. The zero-order chi connectivity index (χ0) is 19.1. The lowest BCUT2D eigenvalue weighted by atomic mass is 9.89. The maximum atomic E-state index is 12.8. The molecule has 3 aromatic rings. The van der Waals surface area contributed by atoms with Gasteiger partial charge in [0.2, 0.25) is 0 Å². The Hall–Kier alpha value is -1.87. The van der Waals surface area contributed by atoms with Gasteiger partial charge in [-0.1, -0.05) is 25.6 Å². The first-order chi connectivity index (χ1) is 13.0. The molecule has 0 saturated carbocycles. The molecule has 2 N–H and O–H groups in total. The van der Waals surface area contributed by atoms with Crippen LogP contribution in [0.25, 0.3) is 10.2 Å². The highest BCUT2D eigenvalue weighted by Gasteiger charge is 2.24. The van der Waals surface area contributed by atoms with E-state index in [1.807, 2.05) is 13.8 Å². The van der Waals surface area contributed by atoms with Gasteiger partial charge in [-0.15, -0.1) is 16.4 Å². The second-order valence-electron chi connectivity index (χ2n) is 7.21. The fourth-order valence-corrected chi connectivity index (χ4v) is 5.92. The molecule has 0 saturated heterocycles. The molecule has 0 spiro atoms. The minimum absolute atomic E-state index is 0.0533. The van der Waals surface area contributed by atoms with Crippen molar-refractivity contribution in [2.45, 2.75) is 63.4 Å². The zero-order valence-electron chi connectivity index (χ0n) is 15.7. The van der Waals surface area contributed by atoms with Crippen molar-refractivity contribution in [2.24, 2.45) is 5.92 Å². The molecule has 7 nitrogen and oxygen atoms in total. The summed E-state index contributed by atoms with van der Waals surface area (Å²) in [6, 6.07) is 0. The Bertz CT molecular complexity index is 1090. The summed E-state index contributed by atoms with van der Waals surface area (Å²) in [6.07, 6.45) is 3.97. The van der Waals surface area contributed by atoms with Crippen LogP contribution in [-0.2, 0) is 19.4 Å². The number of nitrogens with zero attached hydrogens (tertiary/aromatic N) is 3. The predicted molar refractivity (Wildman–Crippen MR) is 109 cm³/mol. The summed E-state index contributed by atoms with van der Waals surface area (Å²) in [7, 11) is 0. The molecular formula is C18H23N5O2S2. The number of fused-ring (bicyclic) bond motifs is 3. The van der Waals surface area contributed by atoms with Crippen LogP contribution in [0.15, 0.2) is 14.7 Å². The van der Waals surface area contributed by atoms with E-state index >= 15 is 0 Å². The Morgan fingerprint density at radius 2 is 2.22 bits per heavy atom. The first-order valence-electron chi connectivity index (χ1n) is 9.34. The number of aromatic nitrogens is 5. The third-order valence-electron chi connectivity index (χ3n) is 5.02. The number of hydrogen-bond acceptors (Lipinski definition) is 6. The van der Waals surface area contributed by atoms with E-state index in [0.29, 0.717) is 23.4 Å². The molecule has 9 heteroatoms. The van der Waals surface area contributed by atoms with Crippen molar-refractivity contribution in [1.29, 1.82) is 0 Å². The van der Waals surface area contributed by atoms with Crippen molar-refractivity contribution in [1.82, 2.24) is 24.7 Å². The monoisotopic (exact) mass is 405 g/mol. The lowest BCUT2D eigenvalue weighted by Crippen LogP contribution is -2.18. The van der Waals surface area contributed by atoms with Gasteiger partial charge in [0.25, 0.3) is 5.56 Å². The standard InChI is InChI=1S/C18H23N5O2S2/c1-4-7-23-17(25)21-22-18(23)26-10(3)14-19-15(24)13-11-6-5-9(2)8-12(11)27-16(13)20-14/h9-10H,4-8H2,1-3H3,(H,21,25)(H,19,20,24)/t9-,10-/m0/s1. The van der Waals surface area contributed by atoms with Crippen LogP contribution in [0.2, 0.25) is 0 Å². The molecule has 1 aliphatic rings. The van der Waals surface area contributed by atoms with Crippen molar-refractivity contribution in [3.8, 4) is 0 Å². The molecule has 4 rings (SSSR count). The van der Waals surface area contributed by atoms with Crippen molar-refractivity contribution in [2.75, 3.05) is 0 Å². The third kappa shape index (κ3) is 3.38. The molecule has 0 unspecified atom stereocenters. The highest BCUT2D eigenvalue weighted by atomic mass is 32.2. The summed E-state index contributed by atoms with van der Waals surface area (Å²) in [4.78, 5) is 34.5. The van der Waals surface area contributed by atoms with Gasteiger partial charge >= 0.3 is 5.69 Å². The molecule has 3 heterocycles. The fourth-order valence-electron chi connectivity index (χ4n) is 3.59. The number of thioether (sulfide) groups is 1. The van der Waals surface area contributed by atoms with E-state index in [4.69, 9.17) is 4.98 Å². The SMILES string of the molecule is CCCn1c(S[C@@H](C)c2nc3sc4c(c3c(=O)[nH]2)CC[C@H](C)C4)n[nH]c1=O. The van der Waals surface area contributed by atoms with Gasteiger partial charge in [0, 0.05) is 11.4 Å². The van der Waals surface area contributed by atoms with Gasteiger partial charge in [0.1, 0.15) is 10.7 Å². The van der Waals surface area contributed by atoms with E-state index < -0.39 is 0 Å². The number of aromatic amines is 2. The van der Waals surface area contributed by atoms with E-state index in [0.717, 1.165) is 35.9 Å². The summed E-state index contributed by atoms with van der Waals surface area (Å²) in [6.45, 7) is 6.86. The quantitative estimate of drug-likeness (QED) is 0.635. The van der Waals surface area contributed by atoms with Crippen LogP contribution in [0.3, 0.4) is 0 Å². The average molecular weight is 406 g/mol. The van der Waals surface area contributed by atoms with Crippen LogP contribution in [0.1, 0.15) is 55.1 Å². The highest BCUT2D eigenvalue weighted by molar-refractivity contribution is 7.99. The smallest absolute Gasteiger partial charge is 0.309 e. The summed E-state index contributed by atoms with van der Waals surface area (Å²) < 4.78 is 1.63. The molecule has 27 heavy (non-hydrogen) atoms. The molecule has 0 fully saturated rings. The van der Waals surface area contributed by atoms with E-state index in [1.165, 1.54) is 22.2 Å². The lowest BCUT2D eigenvalue weighted by molar-refractivity contribution is 0.509. The molecule has 0 bridgehead atoms. The molecule has 144 valence electrons. The van der Waals surface area contributed by atoms with Crippen LogP contribution in [0.4, 0.5) is 0 Å². The number of aryl methyl sites for hydroxylation is 1. The maximum absolute atomic E-state index is 12.8. The summed E-state index contributed by atoms with van der Waals surface area (Å²) >= 11 is 3.08. The van der Waals surface area contributed by atoms with E-state index in [1.54, 1.807) is 15.9 Å².